The zero-order valence-electron chi connectivity index (χ0n) is 7.28. The van der Waals surface area contributed by atoms with Crippen LogP contribution in [0.1, 0.15) is 0 Å². The second kappa shape index (κ2) is 3.55. The van der Waals surface area contributed by atoms with Crippen LogP contribution in [-0.4, -0.2) is 24.3 Å². The number of nitrogens with zero attached hydrogens (tertiary/aromatic N) is 1. The van der Waals surface area contributed by atoms with Gasteiger partial charge < -0.3 is 14.8 Å². The molecule has 0 aliphatic carbocycles. The molecule has 0 aromatic carbocycles. The normalized spacial score (nSPS) is 19.6. The van der Waals surface area contributed by atoms with E-state index in [1.54, 1.807) is 12.1 Å². The van der Waals surface area contributed by atoms with Crippen molar-refractivity contribution in [3.8, 4) is 5.75 Å². The molecule has 1 aromatic heterocycles. The first-order valence-electron chi connectivity index (χ1n) is 3.87. The van der Waals surface area contributed by atoms with E-state index in [0.717, 1.165) is 0 Å². The van der Waals surface area contributed by atoms with Crippen LogP contribution in [0.15, 0.2) is 16.7 Å². The molecule has 0 radical (unpaired) electrons. The van der Waals surface area contributed by atoms with Gasteiger partial charge in [0.2, 0.25) is 0 Å². The van der Waals surface area contributed by atoms with Crippen LogP contribution in [0.25, 0.3) is 0 Å². The van der Waals surface area contributed by atoms with E-state index >= 15 is 0 Å². The van der Waals surface area contributed by atoms with Crippen molar-refractivity contribution in [2.75, 3.05) is 12.4 Å². The van der Waals surface area contributed by atoms with Crippen molar-refractivity contribution in [1.82, 2.24) is 4.98 Å². The first-order valence-corrected chi connectivity index (χ1v) is 4.67. The summed E-state index contributed by atoms with van der Waals surface area (Å²) >= 11 is 3.19. The lowest BCUT2D eigenvalue weighted by Gasteiger charge is -2.23. The molecule has 1 atom stereocenters. The highest BCUT2D eigenvalue weighted by Gasteiger charge is 2.28. The molecule has 1 amide bonds. The average molecular weight is 259 g/mol. The van der Waals surface area contributed by atoms with E-state index in [1.807, 2.05) is 0 Å². The van der Waals surface area contributed by atoms with E-state index in [9.17, 15) is 4.79 Å². The fraction of sp³-hybridized carbons (Fsp3) is 0.250. The molecule has 74 valence electrons. The molecular weight excluding hydrogens is 252 g/mol. The highest BCUT2D eigenvalue weighted by atomic mass is 79.9. The van der Waals surface area contributed by atoms with E-state index in [0.29, 0.717) is 16.2 Å². The SMILES string of the molecule is COC1Oc2ccc(Br)nc2NC1=O. The highest BCUT2D eigenvalue weighted by Crippen LogP contribution is 2.28. The van der Waals surface area contributed by atoms with Crippen LogP contribution in [0.5, 0.6) is 5.75 Å². The summed E-state index contributed by atoms with van der Waals surface area (Å²) in [7, 11) is 1.40. The van der Waals surface area contributed by atoms with Gasteiger partial charge >= 0.3 is 0 Å². The number of nitrogens with one attached hydrogen (secondary N) is 1. The Hall–Kier alpha value is -1.14. The van der Waals surface area contributed by atoms with E-state index in [2.05, 4.69) is 26.2 Å². The van der Waals surface area contributed by atoms with Crippen molar-refractivity contribution in [1.29, 1.82) is 0 Å². The number of fused-ring (bicyclic) bond motifs is 1. The first-order chi connectivity index (χ1) is 6.70. The summed E-state index contributed by atoms with van der Waals surface area (Å²) in [5.41, 5.74) is 0. The number of ether oxygens (including phenoxy) is 2. The fourth-order valence-corrected chi connectivity index (χ4v) is 1.42. The number of carbonyl (C=O) groups excluding carboxylic acids is 1. The topological polar surface area (TPSA) is 60.5 Å². The fourth-order valence-electron chi connectivity index (χ4n) is 1.11. The van der Waals surface area contributed by atoms with Crippen LogP contribution in [0.2, 0.25) is 0 Å². The first kappa shape index (κ1) is 9.42. The Bertz CT molecular complexity index is 383. The molecule has 0 bridgehead atoms. The van der Waals surface area contributed by atoms with E-state index in [-0.39, 0.29) is 5.91 Å². The summed E-state index contributed by atoms with van der Waals surface area (Å²) in [4.78, 5) is 15.3. The van der Waals surface area contributed by atoms with Gasteiger partial charge in [0.15, 0.2) is 11.6 Å². The Balaban J connectivity index is 2.35. The standard InChI is InChI=1S/C8H7BrN2O3/c1-13-8-7(12)11-6-4(14-8)2-3-5(9)10-6/h2-3,8H,1H3,(H,10,11,12). The maximum atomic E-state index is 11.3. The maximum Gasteiger partial charge on any atom is 0.295 e. The smallest absolute Gasteiger partial charge is 0.295 e. The third-order valence-corrected chi connectivity index (χ3v) is 2.17. The molecule has 2 rings (SSSR count). The summed E-state index contributed by atoms with van der Waals surface area (Å²) in [6, 6.07) is 3.43. The predicted molar refractivity (Wildman–Crippen MR) is 52.0 cm³/mol. The molecule has 1 N–H and O–H groups in total. The van der Waals surface area contributed by atoms with E-state index < -0.39 is 6.29 Å². The molecular formula is C8H7BrN2O3. The lowest BCUT2D eigenvalue weighted by atomic mass is 10.3. The number of anilines is 1. The molecule has 0 spiro atoms. The second-order valence-corrected chi connectivity index (χ2v) is 3.47. The molecule has 1 aliphatic heterocycles. The second-order valence-electron chi connectivity index (χ2n) is 2.66. The van der Waals surface area contributed by atoms with Crippen molar-refractivity contribution in [2.45, 2.75) is 6.29 Å². The molecule has 1 aromatic rings. The number of pyridine rings is 1. The Morgan fingerprint density at radius 3 is 3.14 bits per heavy atom. The molecule has 2 heterocycles. The number of aromatic nitrogens is 1. The molecule has 6 heteroatoms. The van der Waals surface area contributed by atoms with Gasteiger partial charge in [-0.15, -0.1) is 0 Å². The van der Waals surface area contributed by atoms with Crippen LogP contribution in [-0.2, 0) is 9.53 Å². The molecule has 0 fully saturated rings. The highest BCUT2D eigenvalue weighted by molar-refractivity contribution is 9.10. The summed E-state index contributed by atoms with van der Waals surface area (Å²) in [5.74, 6) is 0.544. The molecule has 5 nitrogen and oxygen atoms in total. The zero-order valence-corrected chi connectivity index (χ0v) is 8.87. The lowest BCUT2D eigenvalue weighted by molar-refractivity contribution is -0.143. The zero-order chi connectivity index (χ0) is 10.1. The van der Waals surface area contributed by atoms with Gasteiger partial charge in [0.1, 0.15) is 4.60 Å². The largest absolute Gasteiger partial charge is 0.451 e. The summed E-state index contributed by atoms with van der Waals surface area (Å²) in [6.45, 7) is 0. The Kier molecular flexibility index (Phi) is 2.39. The van der Waals surface area contributed by atoms with Crippen LogP contribution >= 0.6 is 15.9 Å². The number of carbonyl (C=O) groups is 1. The molecule has 0 saturated carbocycles. The minimum atomic E-state index is -0.898. The number of rotatable bonds is 1. The van der Waals surface area contributed by atoms with Crippen molar-refractivity contribution < 1.29 is 14.3 Å². The van der Waals surface area contributed by atoms with Crippen molar-refractivity contribution in [3.05, 3.63) is 16.7 Å². The van der Waals surface area contributed by atoms with Gasteiger partial charge in [0.05, 0.1) is 0 Å². The van der Waals surface area contributed by atoms with Gasteiger partial charge in [-0.2, -0.15) is 0 Å². The number of halogens is 1. The van der Waals surface area contributed by atoms with Crippen molar-refractivity contribution in [3.63, 3.8) is 0 Å². The minimum absolute atomic E-state index is 0.356. The third kappa shape index (κ3) is 1.58. The van der Waals surface area contributed by atoms with Gasteiger partial charge in [-0.05, 0) is 28.1 Å². The van der Waals surface area contributed by atoms with Gasteiger partial charge in [0.25, 0.3) is 12.2 Å². The van der Waals surface area contributed by atoms with Crippen molar-refractivity contribution >= 4 is 27.7 Å². The number of hydrogen-bond acceptors (Lipinski definition) is 4. The van der Waals surface area contributed by atoms with E-state index in [1.165, 1.54) is 7.11 Å². The van der Waals surface area contributed by atoms with Crippen LogP contribution in [0, 0.1) is 0 Å². The Morgan fingerprint density at radius 1 is 1.64 bits per heavy atom. The van der Waals surface area contributed by atoms with Gasteiger partial charge in [-0.3, -0.25) is 4.79 Å². The maximum absolute atomic E-state index is 11.3. The predicted octanol–water partition coefficient (Wildman–Crippen LogP) is 1.15. The quantitative estimate of drug-likeness (QED) is 0.768. The number of hydrogen-bond donors (Lipinski definition) is 1. The summed E-state index contributed by atoms with van der Waals surface area (Å²) in [6.07, 6.45) is -0.898. The van der Waals surface area contributed by atoms with E-state index in [4.69, 9.17) is 9.47 Å². The van der Waals surface area contributed by atoms with Gasteiger partial charge in [-0.1, -0.05) is 0 Å². The molecule has 14 heavy (non-hydrogen) atoms. The third-order valence-electron chi connectivity index (χ3n) is 1.73. The summed E-state index contributed by atoms with van der Waals surface area (Å²) in [5, 5.41) is 2.57. The van der Waals surface area contributed by atoms with Gasteiger partial charge in [0, 0.05) is 7.11 Å². The Labute approximate surface area is 88.5 Å². The molecule has 1 unspecified atom stereocenters. The number of amides is 1. The van der Waals surface area contributed by atoms with Crippen LogP contribution < -0.4 is 10.1 Å². The lowest BCUT2D eigenvalue weighted by Crippen LogP contribution is -2.38. The summed E-state index contributed by atoms with van der Waals surface area (Å²) < 4.78 is 10.7. The monoisotopic (exact) mass is 258 g/mol. The molecule has 0 saturated heterocycles. The minimum Gasteiger partial charge on any atom is -0.451 e. The van der Waals surface area contributed by atoms with Crippen LogP contribution in [0.4, 0.5) is 5.82 Å². The number of methoxy groups -OCH3 is 1. The molecule has 1 aliphatic rings. The van der Waals surface area contributed by atoms with Gasteiger partial charge in [-0.25, -0.2) is 4.98 Å². The van der Waals surface area contributed by atoms with Crippen LogP contribution in [0.3, 0.4) is 0 Å². The van der Waals surface area contributed by atoms with Crippen molar-refractivity contribution in [2.24, 2.45) is 0 Å². The Morgan fingerprint density at radius 2 is 2.43 bits per heavy atom. The average Bonchev–Trinajstić information content (AvgIpc) is 2.16.